The van der Waals surface area contributed by atoms with Crippen molar-refractivity contribution in [3.8, 4) is 11.3 Å². The second-order valence-electron chi connectivity index (χ2n) is 5.45. The number of rotatable bonds is 5. The van der Waals surface area contributed by atoms with Crippen molar-refractivity contribution in [2.45, 2.75) is 13.1 Å². The van der Waals surface area contributed by atoms with E-state index in [1.54, 1.807) is 31.2 Å². The van der Waals surface area contributed by atoms with Crippen LogP contribution in [0, 0.1) is 0 Å². The number of para-hydroxylation sites is 1. The first-order valence-corrected chi connectivity index (χ1v) is 8.39. The number of hydrogen-bond donors (Lipinski definition) is 1. The first-order chi connectivity index (χ1) is 13.3. The summed E-state index contributed by atoms with van der Waals surface area (Å²) in [5.41, 5.74) is -0.677. The van der Waals surface area contributed by atoms with Gasteiger partial charge in [0.1, 0.15) is 17.2 Å². The molecule has 146 valence electrons. The van der Waals surface area contributed by atoms with Crippen LogP contribution in [-0.4, -0.2) is 22.5 Å². The van der Waals surface area contributed by atoms with Crippen LogP contribution < -0.4 is 5.32 Å². The maximum atomic E-state index is 13.1. The van der Waals surface area contributed by atoms with E-state index in [1.807, 2.05) is 0 Å². The summed E-state index contributed by atoms with van der Waals surface area (Å²) in [6.07, 6.45) is -3.66. The molecule has 2 heterocycles. The number of halogens is 4. The highest BCUT2D eigenvalue weighted by molar-refractivity contribution is 6.33. The van der Waals surface area contributed by atoms with Crippen LogP contribution in [0.3, 0.4) is 0 Å². The summed E-state index contributed by atoms with van der Waals surface area (Å²) in [4.78, 5) is 19.7. The third-order valence-corrected chi connectivity index (χ3v) is 3.93. The highest BCUT2D eigenvalue weighted by Gasteiger charge is 2.34. The molecule has 0 saturated heterocycles. The van der Waals surface area contributed by atoms with E-state index in [0.717, 1.165) is 18.5 Å². The minimum Gasteiger partial charge on any atom is -0.460 e. The molecule has 0 fully saturated rings. The number of pyridine rings is 1. The third kappa shape index (κ3) is 4.09. The molecule has 1 N–H and O–H groups in total. The molecule has 0 bridgehead atoms. The molecular formula is C18H13ClF3N3O3. The Morgan fingerprint density at radius 1 is 1.25 bits per heavy atom. The van der Waals surface area contributed by atoms with E-state index in [4.69, 9.17) is 20.8 Å². The first kappa shape index (κ1) is 19.7. The van der Waals surface area contributed by atoms with E-state index in [9.17, 15) is 18.0 Å². The number of carbonyl (C=O) groups is 1. The molecule has 0 unspecified atom stereocenters. The zero-order chi connectivity index (χ0) is 20.3. The number of benzene rings is 1. The quantitative estimate of drug-likeness (QED) is 0.572. The van der Waals surface area contributed by atoms with Gasteiger partial charge in [0.25, 0.3) is 0 Å². The van der Waals surface area contributed by atoms with Gasteiger partial charge in [-0.1, -0.05) is 23.7 Å². The van der Waals surface area contributed by atoms with Crippen LogP contribution in [0.4, 0.5) is 24.7 Å². The zero-order valence-electron chi connectivity index (χ0n) is 14.4. The lowest BCUT2D eigenvalue weighted by molar-refractivity contribution is -0.141. The molecule has 0 radical (unpaired) electrons. The lowest BCUT2D eigenvalue weighted by atomic mass is 10.1. The van der Waals surface area contributed by atoms with Crippen molar-refractivity contribution >= 4 is 29.1 Å². The van der Waals surface area contributed by atoms with Crippen molar-refractivity contribution in [2.24, 2.45) is 0 Å². The molecule has 3 aromatic rings. The van der Waals surface area contributed by atoms with Gasteiger partial charge in [0, 0.05) is 5.56 Å². The fourth-order valence-electron chi connectivity index (χ4n) is 2.37. The van der Waals surface area contributed by atoms with Gasteiger partial charge < -0.3 is 14.5 Å². The van der Waals surface area contributed by atoms with Crippen molar-refractivity contribution in [3.63, 3.8) is 0 Å². The Balaban J connectivity index is 2.13. The van der Waals surface area contributed by atoms with Crippen LogP contribution >= 0.6 is 11.6 Å². The number of hydrogen-bond acceptors (Lipinski definition) is 6. The fourth-order valence-corrected chi connectivity index (χ4v) is 2.56. The molecule has 0 aliphatic heterocycles. The number of aromatic nitrogens is 2. The van der Waals surface area contributed by atoms with E-state index >= 15 is 0 Å². The average Bonchev–Trinajstić information content (AvgIpc) is 3.13. The van der Waals surface area contributed by atoms with Crippen LogP contribution in [0.15, 0.2) is 47.2 Å². The Kier molecular flexibility index (Phi) is 5.55. The predicted octanol–water partition coefficient (Wildman–Crippen LogP) is 5.33. The minimum atomic E-state index is -4.66. The average molecular weight is 412 g/mol. The number of nitrogens with zero attached hydrogens (tertiary/aromatic N) is 2. The van der Waals surface area contributed by atoms with Gasteiger partial charge in [-0.3, -0.25) is 0 Å². The molecule has 0 amide bonds. The molecule has 0 aliphatic carbocycles. The summed E-state index contributed by atoms with van der Waals surface area (Å²) in [7, 11) is 0. The van der Waals surface area contributed by atoms with E-state index in [-0.39, 0.29) is 34.5 Å². The molecule has 1 aromatic carbocycles. The number of ether oxygens (including phenoxy) is 1. The summed E-state index contributed by atoms with van der Waals surface area (Å²) >= 11 is 6.08. The van der Waals surface area contributed by atoms with E-state index in [0.29, 0.717) is 5.69 Å². The zero-order valence-corrected chi connectivity index (χ0v) is 15.1. The van der Waals surface area contributed by atoms with Gasteiger partial charge in [0.15, 0.2) is 6.39 Å². The van der Waals surface area contributed by atoms with Crippen LogP contribution in [0.5, 0.6) is 0 Å². The molecule has 3 rings (SSSR count). The summed E-state index contributed by atoms with van der Waals surface area (Å²) in [6.45, 7) is 1.70. The smallest absolute Gasteiger partial charge is 0.433 e. The highest BCUT2D eigenvalue weighted by atomic mass is 35.5. The van der Waals surface area contributed by atoms with Gasteiger partial charge in [-0.2, -0.15) is 13.2 Å². The summed E-state index contributed by atoms with van der Waals surface area (Å²) in [5.74, 6) is -1.23. The maximum absolute atomic E-state index is 13.1. The van der Waals surface area contributed by atoms with Crippen molar-refractivity contribution in [1.82, 2.24) is 9.97 Å². The Labute approximate surface area is 162 Å². The molecule has 2 aromatic heterocycles. The van der Waals surface area contributed by atoms with Gasteiger partial charge in [0.05, 0.1) is 17.3 Å². The van der Waals surface area contributed by atoms with Gasteiger partial charge in [0.2, 0.25) is 5.76 Å². The standard InChI is InChI=1S/C18H13ClF3N3O3/c1-2-27-17(26)15-14(23-9-28-15)10-7-8-13(18(20,21)22)25-16(10)24-12-6-4-3-5-11(12)19/h3-9H,2H2,1H3,(H,24,25). The fraction of sp³-hybridized carbons (Fsp3) is 0.167. The number of nitrogens with one attached hydrogen (secondary N) is 1. The van der Waals surface area contributed by atoms with Crippen molar-refractivity contribution in [1.29, 1.82) is 0 Å². The van der Waals surface area contributed by atoms with E-state index < -0.39 is 17.8 Å². The van der Waals surface area contributed by atoms with Crippen molar-refractivity contribution in [3.05, 3.63) is 59.3 Å². The Bertz CT molecular complexity index is 1000. The SMILES string of the molecule is CCOC(=O)c1ocnc1-c1ccc(C(F)(F)F)nc1Nc1ccccc1Cl. The third-order valence-electron chi connectivity index (χ3n) is 3.60. The normalized spacial score (nSPS) is 11.3. The predicted molar refractivity (Wildman–Crippen MR) is 95.4 cm³/mol. The Hall–Kier alpha value is -3.07. The Morgan fingerprint density at radius 3 is 2.68 bits per heavy atom. The lowest BCUT2D eigenvalue weighted by Crippen LogP contribution is -2.11. The topological polar surface area (TPSA) is 77.2 Å². The monoisotopic (exact) mass is 411 g/mol. The number of anilines is 2. The number of oxazole rings is 1. The number of carbonyl (C=O) groups excluding carboxylic acids is 1. The molecule has 0 spiro atoms. The van der Waals surface area contributed by atoms with Gasteiger partial charge in [-0.15, -0.1) is 0 Å². The largest absolute Gasteiger partial charge is 0.460 e. The van der Waals surface area contributed by atoms with Gasteiger partial charge in [-0.25, -0.2) is 14.8 Å². The molecular weight excluding hydrogens is 399 g/mol. The van der Waals surface area contributed by atoms with Crippen LogP contribution in [-0.2, 0) is 10.9 Å². The minimum absolute atomic E-state index is 0.00534. The molecule has 28 heavy (non-hydrogen) atoms. The molecule has 0 saturated carbocycles. The summed E-state index contributed by atoms with van der Waals surface area (Å²) in [5, 5.41) is 3.04. The Morgan fingerprint density at radius 2 is 2.00 bits per heavy atom. The first-order valence-electron chi connectivity index (χ1n) is 8.02. The van der Waals surface area contributed by atoms with Crippen LogP contribution in [0.1, 0.15) is 23.2 Å². The molecule has 0 atom stereocenters. The highest BCUT2D eigenvalue weighted by Crippen LogP contribution is 2.36. The molecule has 0 aliphatic rings. The second kappa shape index (κ2) is 7.89. The molecule has 6 nitrogen and oxygen atoms in total. The number of esters is 1. The second-order valence-corrected chi connectivity index (χ2v) is 5.85. The lowest BCUT2D eigenvalue weighted by Gasteiger charge is -2.14. The van der Waals surface area contributed by atoms with Crippen LogP contribution in [0.25, 0.3) is 11.3 Å². The summed E-state index contributed by atoms with van der Waals surface area (Å²) < 4.78 is 49.4. The summed E-state index contributed by atoms with van der Waals surface area (Å²) in [6, 6.07) is 8.40. The van der Waals surface area contributed by atoms with Crippen molar-refractivity contribution < 1.29 is 27.1 Å². The maximum Gasteiger partial charge on any atom is 0.433 e. The van der Waals surface area contributed by atoms with E-state index in [2.05, 4.69) is 15.3 Å². The number of alkyl halides is 3. The molecule has 10 heteroatoms. The van der Waals surface area contributed by atoms with Crippen molar-refractivity contribution in [2.75, 3.05) is 11.9 Å². The van der Waals surface area contributed by atoms with Gasteiger partial charge >= 0.3 is 12.1 Å². The van der Waals surface area contributed by atoms with E-state index in [1.165, 1.54) is 0 Å². The van der Waals surface area contributed by atoms with Crippen LogP contribution in [0.2, 0.25) is 5.02 Å². The van der Waals surface area contributed by atoms with Gasteiger partial charge in [-0.05, 0) is 31.2 Å².